The first-order chi connectivity index (χ1) is 13.2. The van der Waals surface area contributed by atoms with Crippen molar-refractivity contribution in [2.45, 2.75) is 26.7 Å². The van der Waals surface area contributed by atoms with Crippen molar-refractivity contribution in [3.63, 3.8) is 0 Å². The minimum absolute atomic E-state index is 0.630. The molecule has 0 aliphatic rings. The van der Waals surface area contributed by atoms with Gasteiger partial charge in [-0.05, 0) is 55.2 Å². The smallest absolute Gasteiger partial charge is 0.224 e. The second-order valence-electron chi connectivity index (χ2n) is 6.42. The second-order valence-corrected chi connectivity index (χ2v) is 6.42. The first-order valence-corrected chi connectivity index (χ1v) is 9.24. The number of nitrogens with one attached hydrogen (secondary N) is 2. The molecule has 140 valence electrons. The van der Waals surface area contributed by atoms with Gasteiger partial charge in [-0.3, -0.25) is 0 Å². The fraction of sp³-hybridized carbons (Fsp3) is 0.273. The van der Waals surface area contributed by atoms with Gasteiger partial charge < -0.3 is 15.4 Å². The van der Waals surface area contributed by atoms with E-state index < -0.39 is 0 Å². The van der Waals surface area contributed by atoms with Crippen molar-refractivity contribution in [3.05, 3.63) is 71.4 Å². The van der Waals surface area contributed by atoms with Crippen LogP contribution in [-0.2, 0) is 12.8 Å². The average molecular weight is 362 g/mol. The van der Waals surface area contributed by atoms with Gasteiger partial charge in [-0.1, -0.05) is 31.2 Å². The Bertz CT molecular complexity index is 878. The van der Waals surface area contributed by atoms with E-state index in [4.69, 9.17) is 4.74 Å². The molecule has 0 unspecified atom stereocenters. The standard InChI is InChI=1S/C22H26N4O/c1-4-17-8-10-19(11-9-17)25-21-14-16(2)24-22(26-21)23-13-12-18-6-5-7-20(15-18)27-3/h5-11,14-15H,4,12-13H2,1-3H3,(H2,23,24,25,26). The van der Waals surface area contributed by atoms with Gasteiger partial charge in [0.25, 0.3) is 0 Å². The van der Waals surface area contributed by atoms with Crippen molar-refractivity contribution in [3.8, 4) is 5.75 Å². The van der Waals surface area contributed by atoms with Crippen LogP contribution in [0.5, 0.6) is 5.75 Å². The highest BCUT2D eigenvalue weighted by molar-refractivity contribution is 5.58. The van der Waals surface area contributed by atoms with Gasteiger partial charge in [-0.25, -0.2) is 4.98 Å². The highest BCUT2D eigenvalue weighted by Crippen LogP contribution is 2.18. The molecule has 1 aromatic heterocycles. The van der Waals surface area contributed by atoms with Crippen molar-refractivity contribution < 1.29 is 4.74 Å². The molecule has 0 saturated heterocycles. The van der Waals surface area contributed by atoms with Gasteiger partial charge >= 0.3 is 0 Å². The SMILES string of the molecule is CCc1ccc(Nc2cc(C)nc(NCCc3cccc(OC)c3)n2)cc1. The van der Waals surface area contributed by atoms with Gasteiger partial charge in [0.2, 0.25) is 5.95 Å². The summed E-state index contributed by atoms with van der Waals surface area (Å²) in [4.78, 5) is 9.06. The number of aryl methyl sites for hydroxylation is 2. The van der Waals surface area contributed by atoms with Crippen LogP contribution in [0.15, 0.2) is 54.6 Å². The zero-order valence-corrected chi connectivity index (χ0v) is 16.1. The minimum atomic E-state index is 0.630. The van der Waals surface area contributed by atoms with Crippen molar-refractivity contribution >= 4 is 17.5 Å². The molecule has 3 aromatic rings. The molecule has 0 aliphatic heterocycles. The molecule has 0 bridgehead atoms. The fourth-order valence-electron chi connectivity index (χ4n) is 2.83. The maximum Gasteiger partial charge on any atom is 0.224 e. The number of hydrogen-bond donors (Lipinski definition) is 2. The Labute approximate surface area is 160 Å². The van der Waals surface area contributed by atoms with E-state index in [0.29, 0.717) is 5.95 Å². The van der Waals surface area contributed by atoms with Crippen molar-refractivity contribution in [2.75, 3.05) is 24.3 Å². The lowest BCUT2D eigenvalue weighted by atomic mass is 10.1. The van der Waals surface area contributed by atoms with Crippen molar-refractivity contribution in [1.82, 2.24) is 9.97 Å². The average Bonchev–Trinajstić information content (AvgIpc) is 2.68. The highest BCUT2D eigenvalue weighted by atomic mass is 16.5. The van der Waals surface area contributed by atoms with Gasteiger partial charge in [-0.15, -0.1) is 0 Å². The number of rotatable bonds is 8. The molecule has 1 heterocycles. The van der Waals surface area contributed by atoms with Gasteiger partial charge in [0.1, 0.15) is 11.6 Å². The number of aromatic nitrogens is 2. The van der Waals surface area contributed by atoms with Crippen LogP contribution in [0.4, 0.5) is 17.5 Å². The molecular formula is C22H26N4O. The fourth-order valence-corrected chi connectivity index (χ4v) is 2.83. The van der Waals surface area contributed by atoms with Crippen LogP contribution >= 0.6 is 0 Å². The van der Waals surface area contributed by atoms with Crippen molar-refractivity contribution in [1.29, 1.82) is 0 Å². The van der Waals surface area contributed by atoms with Gasteiger partial charge in [0, 0.05) is 24.0 Å². The molecule has 0 fully saturated rings. The maximum atomic E-state index is 5.27. The van der Waals surface area contributed by atoms with E-state index >= 15 is 0 Å². The number of ether oxygens (including phenoxy) is 1. The molecule has 2 aromatic carbocycles. The van der Waals surface area contributed by atoms with Crippen LogP contribution in [0.2, 0.25) is 0 Å². The minimum Gasteiger partial charge on any atom is -0.497 e. The van der Waals surface area contributed by atoms with E-state index in [9.17, 15) is 0 Å². The van der Waals surface area contributed by atoms with E-state index in [0.717, 1.165) is 42.3 Å². The van der Waals surface area contributed by atoms with Gasteiger partial charge in [-0.2, -0.15) is 4.98 Å². The quantitative estimate of drug-likeness (QED) is 0.605. The van der Waals surface area contributed by atoms with Gasteiger partial charge in [0.15, 0.2) is 0 Å². The number of benzene rings is 2. The predicted octanol–water partition coefficient (Wildman–Crippen LogP) is 4.75. The summed E-state index contributed by atoms with van der Waals surface area (Å²) in [7, 11) is 1.68. The van der Waals surface area contributed by atoms with Crippen LogP contribution in [0.3, 0.4) is 0 Å². The highest BCUT2D eigenvalue weighted by Gasteiger charge is 2.04. The largest absolute Gasteiger partial charge is 0.497 e. The van der Waals surface area contributed by atoms with Crippen LogP contribution in [0.1, 0.15) is 23.7 Å². The Morgan fingerprint density at radius 1 is 0.963 bits per heavy atom. The predicted molar refractivity (Wildman–Crippen MR) is 111 cm³/mol. The molecule has 2 N–H and O–H groups in total. The molecule has 27 heavy (non-hydrogen) atoms. The molecule has 0 aliphatic carbocycles. The molecule has 0 spiro atoms. The summed E-state index contributed by atoms with van der Waals surface area (Å²) in [5.41, 5.74) is 4.47. The Balaban J connectivity index is 1.62. The number of methoxy groups -OCH3 is 1. The summed E-state index contributed by atoms with van der Waals surface area (Å²) in [6.07, 6.45) is 1.91. The molecule has 0 amide bonds. The molecule has 5 nitrogen and oxygen atoms in total. The lowest BCUT2D eigenvalue weighted by Crippen LogP contribution is -2.09. The third-order valence-electron chi connectivity index (χ3n) is 4.32. The molecule has 3 rings (SSSR count). The number of hydrogen-bond acceptors (Lipinski definition) is 5. The summed E-state index contributed by atoms with van der Waals surface area (Å²) < 4.78 is 5.27. The first-order valence-electron chi connectivity index (χ1n) is 9.24. The molecule has 0 saturated carbocycles. The van der Waals surface area contributed by atoms with E-state index in [1.807, 2.05) is 31.2 Å². The lowest BCUT2D eigenvalue weighted by Gasteiger charge is -2.11. The monoisotopic (exact) mass is 362 g/mol. The Kier molecular flexibility index (Phi) is 6.26. The molecular weight excluding hydrogens is 336 g/mol. The van der Waals surface area contributed by atoms with Crippen LogP contribution < -0.4 is 15.4 Å². The Morgan fingerprint density at radius 2 is 1.78 bits per heavy atom. The normalized spacial score (nSPS) is 10.5. The molecule has 0 radical (unpaired) electrons. The first kappa shape index (κ1) is 18.7. The summed E-state index contributed by atoms with van der Waals surface area (Å²) in [5, 5.41) is 6.66. The summed E-state index contributed by atoms with van der Waals surface area (Å²) in [6, 6.07) is 18.4. The molecule has 5 heteroatoms. The van der Waals surface area contributed by atoms with Crippen LogP contribution in [0.25, 0.3) is 0 Å². The van der Waals surface area contributed by atoms with E-state index in [-0.39, 0.29) is 0 Å². The van der Waals surface area contributed by atoms with E-state index in [1.54, 1.807) is 7.11 Å². The van der Waals surface area contributed by atoms with Crippen LogP contribution in [-0.4, -0.2) is 23.6 Å². The van der Waals surface area contributed by atoms with E-state index in [1.165, 1.54) is 11.1 Å². The Morgan fingerprint density at radius 3 is 2.52 bits per heavy atom. The summed E-state index contributed by atoms with van der Waals surface area (Å²) in [6.45, 7) is 4.88. The van der Waals surface area contributed by atoms with Crippen LogP contribution in [0, 0.1) is 6.92 Å². The molecule has 0 atom stereocenters. The third-order valence-corrected chi connectivity index (χ3v) is 4.32. The summed E-state index contributed by atoms with van der Waals surface area (Å²) in [5.74, 6) is 2.29. The van der Waals surface area contributed by atoms with Gasteiger partial charge in [0.05, 0.1) is 7.11 Å². The summed E-state index contributed by atoms with van der Waals surface area (Å²) >= 11 is 0. The third kappa shape index (κ3) is 5.45. The Hall–Kier alpha value is -3.08. The second kappa shape index (κ2) is 9.03. The number of anilines is 3. The van der Waals surface area contributed by atoms with E-state index in [2.05, 4.69) is 57.9 Å². The number of nitrogens with zero attached hydrogens (tertiary/aromatic N) is 2. The topological polar surface area (TPSA) is 59.1 Å². The van der Waals surface area contributed by atoms with Crippen molar-refractivity contribution in [2.24, 2.45) is 0 Å². The zero-order valence-electron chi connectivity index (χ0n) is 16.1. The lowest BCUT2D eigenvalue weighted by molar-refractivity contribution is 0.414. The zero-order chi connectivity index (χ0) is 19.1. The maximum absolute atomic E-state index is 5.27.